The molecule has 1 aromatic carbocycles. The van der Waals surface area contributed by atoms with Crippen LogP contribution in [0.5, 0.6) is 0 Å². The predicted molar refractivity (Wildman–Crippen MR) is 76.9 cm³/mol. The molecule has 1 aromatic rings. The number of hydrogen-bond donors (Lipinski definition) is 3. The molecule has 8 heteroatoms. The van der Waals surface area contributed by atoms with Crippen molar-refractivity contribution in [1.29, 1.82) is 0 Å². The molecule has 2 aliphatic heterocycles. The van der Waals surface area contributed by atoms with Gasteiger partial charge in [0.15, 0.2) is 0 Å². The minimum atomic E-state index is -0.737. The van der Waals surface area contributed by atoms with Gasteiger partial charge in [-0.1, -0.05) is 12.1 Å². The molecule has 2 heterocycles. The highest BCUT2D eigenvalue weighted by molar-refractivity contribution is 6.05. The monoisotopic (exact) mass is 319 g/mol. The molecule has 0 radical (unpaired) electrons. The first kappa shape index (κ1) is 15.6. The van der Waals surface area contributed by atoms with E-state index in [2.05, 4.69) is 5.48 Å². The van der Waals surface area contributed by atoms with Crippen LogP contribution in [-0.4, -0.2) is 50.6 Å². The van der Waals surface area contributed by atoms with Crippen molar-refractivity contribution in [2.75, 3.05) is 6.73 Å². The summed E-state index contributed by atoms with van der Waals surface area (Å²) in [4.78, 5) is 38.7. The highest BCUT2D eigenvalue weighted by Gasteiger charge is 2.42. The zero-order chi connectivity index (χ0) is 16.6. The molecule has 8 nitrogen and oxygen atoms in total. The Bertz CT molecular complexity index is 675. The molecule has 2 aliphatic rings. The number of likely N-dealkylation sites (tertiary alicyclic amines) is 1. The van der Waals surface area contributed by atoms with Crippen molar-refractivity contribution in [3.63, 3.8) is 0 Å². The Morgan fingerprint density at radius 3 is 2.74 bits per heavy atom. The summed E-state index contributed by atoms with van der Waals surface area (Å²) in [5.74, 6) is -1.22. The molecule has 1 fully saturated rings. The van der Waals surface area contributed by atoms with E-state index >= 15 is 0 Å². The summed E-state index contributed by atoms with van der Waals surface area (Å²) in [6, 6.07) is 4.47. The number of hydroxylamine groups is 1. The van der Waals surface area contributed by atoms with Crippen molar-refractivity contribution >= 4 is 17.7 Å². The molecule has 1 saturated heterocycles. The number of nitrogens with one attached hydrogen (secondary N) is 1. The number of fused-ring (bicyclic) bond motifs is 1. The van der Waals surface area contributed by atoms with Crippen LogP contribution in [0.2, 0.25) is 0 Å². The number of benzene rings is 1. The van der Waals surface area contributed by atoms with Gasteiger partial charge in [-0.2, -0.15) is 0 Å². The number of aliphatic hydroxyl groups is 1. The quantitative estimate of drug-likeness (QED) is 0.514. The Morgan fingerprint density at radius 1 is 1.26 bits per heavy atom. The predicted octanol–water partition coefficient (Wildman–Crippen LogP) is -0.411. The van der Waals surface area contributed by atoms with Crippen molar-refractivity contribution in [3.05, 3.63) is 34.9 Å². The van der Waals surface area contributed by atoms with Gasteiger partial charge in [0.2, 0.25) is 5.91 Å². The maximum atomic E-state index is 12.5. The molecule has 3 rings (SSSR count). The van der Waals surface area contributed by atoms with E-state index < -0.39 is 24.6 Å². The average molecular weight is 319 g/mol. The van der Waals surface area contributed by atoms with Crippen LogP contribution in [0.4, 0.5) is 0 Å². The van der Waals surface area contributed by atoms with Gasteiger partial charge in [-0.3, -0.25) is 19.3 Å². The van der Waals surface area contributed by atoms with E-state index in [0.717, 1.165) is 16.0 Å². The van der Waals surface area contributed by atoms with Crippen LogP contribution in [0.15, 0.2) is 18.2 Å². The number of hydrogen-bond acceptors (Lipinski definition) is 6. The van der Waals surface area contributed by atoms with Gasteiger partial charge < -0.3 is 15.2 Å². The maximum absolute atomic E-state index is 12.5. The van der Waals surface area contributed by atoms with Gasteiger partial charge in [-0.25, -0.2) is 5.48 Å². The lowest BCUT2D eigenvalue weighted by molar-refractivity contribution is -0.156. The molecular formula is C15H17N3O5. The second-order valence-corrected chi connectivity index (χ2v) is 5.62. The number of nitrogens with zero attached hydrogens (tertiary/aromatic N) is 2. The zero-order valence-electron chi connectivity index (χ0n) is 12.4. The summed E-state index contributed by atoms with van der Waals surface area (Å²) in [7, 11) is 0. The summed E-state index contributed by atoms with van der Waals surface area (Å²) in [5, 5.41) is 17.9. The summed E-state index contributed by atoms with van der Waals surface area (Å²) < 4.78 is 0. The molecule has 23 heavy (non-hydrogen) atoms. The third kappa shape index (κ3) is 2.61. The molecule has 1 atom stereocenters. The molecule has 1 unspecified atom stereocenters. The molecule has 0 aromatic heterocycles. The fourth-order valence-electron chi connectivity index (χ4n) is 3.11. The van der Waals surface area contributed by atoms with Gasteiger partial charge in [-0.15, -0.1) is 0 Å². The molecule has 122 valence electrons. The number of amides is 3. The van der Waals surface area contributed by atoms with Gasteiger partial charge >= 0.3 is 0 Å². The number of piperidine rings is 1. The molecule has 0 spiro atoms. The van der Waals surface area contributed by atoms with E-state index in [1.165, 1.54) is 4.90 Å². The van der Waals surface area contributed by atoms with Crippen LogP contribution >= 0.6 is 0 Å². The molecule has 0 aliphatic carbocycles. The minimum absolute atomic E-state index is 0.122. The van der Waals surface area contributed by atoms with Crippen molar-refractivity contribution in [3.8, 4) is 0 Å². The number of aliphatic hydroxyl groups excluding tert-OH is 1. The number of carbonyl (C=O) groups excluding carboxylic acids is 3. The molecule has 3 N–H and O–H groups in total. The lowest BCUT2D eigenvalue weighted by Gasteiger charge is -2.34. The maximum Gasteiger partial charge on any atom is 0.255 e. The first-order valence-electron chi connectivity index (χ1n) is 7.31. The Hall–Kier alpha value is -2.29. The largest absolute Gasteiger partial charge is 0.376 e. The highest BCUT2D eigenvalue weighted by Crippen LogP contribution is 2.29. The van der Waals surface area contributed by atoms with E-state index in [9.17, 15) is 19.5 Å². The minimum Gasteiger partial charge on any atom is -0.376 e. The van der Waals surface area contributed by atoms with E-state index in [1.54, 1.807) is 18.2 Å². The second-order valence-electron chi connectivity index (χ2n) is 5.62. The molecule has 0 saturated carbocycles. The van der Waals surface area contributed by atoms with Gasteiger partial charge in [0.1, 0.15) is 12.8 Å². The fourth-order valence-corrected chi connectivity index (χ4v) is 3.11. The third-order valence-corrected chi connectivity index (χ3v) is 4.29. The van der Waals surface area contributed by atoms with Crippen LogP contribution in [0.3, 0.4) is 0 Å². The average Bonchev–Trinajstić information content (AvgIpc) is 2.85. The van der Waals surface area contributed by atoms with Gasteiger partial charge in [0, 0.05) is 25.1 Å². The van der Waals surface area contributed by atoms with Crippen molar-refractivity contribution in [1.82, 2.24) is 15.3 Å². The summed E-state index contributed by atoms with van der Waals surface area (Å²) in [5.41, 5.74) is 4.18. The second kappa shape index (κ2) is 6.07. The van der Waals surface area contributed by atoms with Crippen LogP contribution in [0.25, 0.3) is 0 Å². The summed E-state index contributed by atoms with van der Waals surface area (Å²) >= 11 is 0. The van der Waals surface area contributed by atoms with E-state index in [0.29, 0.717) is 5.56 Å². The Kier molecular flexibility index (Phi) is 4.12. The van der Waals surface area contributed by atoms with Crippen LogP contribution in [-0.2, 0) is 22.7 Å². The van der Waals surface area contributed by atoms with E-state index in [-0.39, 0.29) is 31.8 Å². The van der Waals surface area contributed by atoms with E-state index in [4.69, 9.17) is 5.21 Å². The summed E-state index contributed by atoms with van der Waals surface area (Å²) in [6.45, 7) is -0.136. The first-order valence-corrected chi connectivity index (χ1v) is 7.31. The van der Waals surface area contributed by atoms with Crippen molar-refractivity contribution in [2.24, 2.45) is 0 Å². The van der Waals surface area contributed by atoms with Crippen LogP contribution in [0.1, 0.15) is 34.3 Å². The first-order chi connectivity index (χ1) is 11.1. The Morgan fingerprint density at radius 2 is 2.04 bits per heavy atom. The van der Waals surface area contributed by atoms with Crippen LogP contribution < -0.4 is 5.48 Å². The SMILES string of the molecule is O=C1CCC(N2Cc3cc(CNO)ccc3C2=O)C(=O)N1CO. The molecule has 0 bridgehead atoms. The van der Waals surface area contributed by atoms with Gasteiger partial charge in [0.05, 0.1) is 0 Å². The smallest absolute Gasteiger partial charge is 0.255 e. The lowest BCUT2D eigenvalue weighted by atomic mass is 10.0. The number of carbonyl (C=O) groups is 3. The number of rotatable bonds is 4. The lowest BCUT2D eigenvalue weighted by Crippen LogP contribution is -2.54. The zero-order valence-corrected chi connectivity index (χ0v) is 12.4. The van der Waals surface area contributed by atoms with Gasteiger partial charge in [-0.05, 0) is 23.6 Å². The Labute approximate surface area is 132 Å². The van der Waals surface area contributed by atoms with Crippen LogP contribution in [0, 0.1) is 0 Å². The molecular weight excluding hydrogens is 302 g/mol. The summed E-state index contributed by atoms with van der Waals surface area (Å²) in [6.07, 6.45) is 0.385. The highest BCUT2D eigenvalue weighted by atomic mass is 16.5. The standard InChI is InChI=1S/C15H17N3O5/c19-8-18-13(20)4-3-12(15(18)22)17-7-10-5-9(6-16-23)1-2-11(10)14(17)21/h1-2,5,12,16,19,23H,3-4,6-8H2. The van der Waals surface area contributed by atoms with Crippen molar-refractivity contribution in [2.45, 2.75) is 32.0 Å². The Balaban J connectivity index is 1.84. The fraction of sp³-hybridized carbons (Fsp3) is 0.400. The van der Waals surface area contributed by atoms with E-state index in [1.807, 2.05) is 0 Å². The number of imide groups is 1. The molecule has 3 amide bonds. The van der Waals surface area contributed by atoms with Gasteiger partial charge in [0.25, 0.3) is 11.8 Å². The van der Waals surface area contributed by atoms with Crippen molar-refractivity contribution < 1.29 is 24.7 Å². The normalized spacial score (nSPS) is 21.1. The topological polar surface area (TPSA) is 110 Å². The third-order valence-electron chi connectivity index (χ3n) is 4.29.